The van der Waals surface area contributed by atoms with Crippen molar-refractivity contribution in [3.8, 4) is 0 Å². The molecule has 0 saturated carbocycles. The Morgan fingerprint density at radius 1 is 1.27 bits per heavy atom. The molecule has 116 valence electrons. The van der Waals surface area contributed by atoms with Gasteiger partial charge in [-0.05, 0) is 23.7 Å². The maximum absolute atomic E-state index is 12.5. The summed E-state index contributed by atoms with van der Waals surface area (Å²) >= 11 is 1.03. The molecule has 0 radical (unpaired) electrons. The minimum absolute atomic E-state index is 0.0329. The number of carboxylic acid groups (broad SMARTS) is 1. The normalized spacial score (nSPS) is 16.1. The van der Waals surface area contributed by atoms with E-state index in [0.29, 0.717) is 36.4 Å². The van der Waals surface area contributed by atoms with Crippen molar-refractivity contribution in [3.63, 3.8) is 0 Å². The van der Waals surface area contributed by atoms with Crippen molar-refractivity contribution in [2.24, 2.45) is 0 Å². The third-order valence-corrected chi connectivity index (χ3v) is 4.54. The second kappa shape index (κ2) is 5.85. The Balaban J connectivity index is 1.75. The van der Waals surface area contributed by atoms with Gasteiger partial charge in [-0.1, -0.05) is 0 Å². The molecule has 2 aromatic heterocycles. The lowest BCUT2D eigenvalue weighted by molar-refractivity contribution is -0.138. The first-order valence-electron chi connectivity index (χ1n) is 6.77. The van der Waals surface area contributed by atoms with Gasteiger partial charge in [0.1, 0.15) is 4.83 Å². The number of aromatic nitrogens is 2. The van der Waals surface area contributed by atoms with Gasteiger partial charge in [0.15, 0.2) is 0 Å². The maximum atomic E-state index is 12.5. The van der Waals surface area contributed by atoms with Crippen molar-refractivity contribution in [2.45, 2.75) is 0 Å². The van der Waals surface area contributed by atoms with Gasteiger partial charge in [-0.25, -0.2) is 9.78 Å². The molecule has 1 aliphatic heterocycles. The molecule has 0 unspecified atom stereocenters. The van der Waals surface area contributed by atoms with Crippen LogP contribution in [-0.2, 0) is 4.79 Å². The van der Waals surface area contributed by atoms with E-state index in [0.717, 1.165) is 15.5 Å². The third-order valence-electron chi connectivity index (χ3n) is 3.54. The molecule has 1 amide bonds. The number of fused-ring (bicyclic) bond motifs is 1. The van der Waals surface area contributed by atoms with E-state index in [-0.39, 0.29) is 18.1 Å². The first kappa shape index (κ1) is 14.7. The number of rotatable bonds is 2. The topological polar surface area (TPSA) is 95.7 Å². The van der Waals surface area contributed by atoms with Gasteiger partial charge in [-0.15, -0.1) is 0 Å². The minimum Gasteiger partial charge on any atom is -0.480 e. The fourth-order valence-electron chi connectivity index (χ4n) is 2.41. The van der Waals surface area contributed by atoms with Crippen LogP contribution in [0.4, 0.5) is 4.79 Å². The van der Waals surface area contributed by atoms with Gasteiger partial charge in [0, 0.05) is 32.4 Å². The molecule has 0 aromatic carbocycles. The highest BCUT2D eigenvalue weighted by atomic mass is 32.1. The van der Waals surface area contributed by atoms with Gasteiger partial charge >= 0.3 is 12.0 Å². The first-order valence-corrected chi connectivity index (χ1v) is 7.54. The summed E-state index contributed by atoms with van der Waals surface area (Å²) in [5.41, 5.74) is -0.355. The standard InChI is InChI=1S/C13H14N4O4S/c18-10(19)8-15-4-6-16(7-5-15)13(21)17-12(20)9-2-1-3-14-11(9)22-17/h1-3H,4-8H2,(H,18,19). The molecule has 9 heteroatoms. The van der Waals surface area contributed by atoms with Crippen molar-refractivity contribution in [3.05, 3.63) is 28.7 Å². The highest BCUT2D eigenvalue weighted by Gasteiger charge is 2.25. The van der Waals surface area contributed by atoms with Gasteiger partial charge in [-0.3, -0.25) is 14.5 Å². The van der Waals surface area contributed by atoms with E-state index in [1.165, 1.54) is 0 Å². The molecule has 1 N–H and O–H groups in total. The zero-order valence-electron chi connectivity index (χ0n) is 11.6. The van der Waals surface area contributed by atoms with Crippen LogP contribution in [0.25, 0.3) is 10.2 Å². The number of aliphatic carboxylic acids is 1. The van der Waals surface area contributed by atoms with Gasteiger partial charge in [0.25, 0.3) is 5.56 Å². The molecule has 0 spiro atoms. The quantitative estimate of drug-likeness (QED) is 0.844. The molecule has 1 fully saturated rings. The number of hydrogen-bond acceptors (Lipinski definition) is 6. The summed E-state index contributed by atoms with van der Waals surface area (Å²) in [5.74, 6) is -0.883. The molecule has 1 saturated heterocycles. The molecule has 0 aliphatic carbocycles. The van der Waals surface area contributed by atoms with Crippen LogP contribution in [0, 0.1) is 0 Å². The van der Waals surface area contributed by atoms with E-state index in [1.54, 1.807) is 28.1 Å². The van der Waals surface area contributed by atoms with Crippen molar-refractivity contribution < 1.29 is 14.7 Å². The molecule has 22 heavy (non-hydrogen) atoms. The fourth-order valence-corrected chi connectivity index (χ4v) is 3.32. The van der Waals surface area contributed by atoms with Crippen LogP contribution in [-0.4, -0.2) is 68.6 Å². The zero-order chi connectivity index (χ0) is 15.7. The van der Waals surface area contributed by atoms with E-state index in [9.17, 15) is 14.4 Å². The summed E-state index contributed by atoms with van der Waals surface area (Å²) in [4.78, 5) is 43.3. The summed E-state index contributed by atoms with van der Waals surface area (Å²) in [6.45, 7) is 1.74. The van der Waals surface area contributed by atoms with Crippen LogP contribution in [0.1, 0.15) is 0 Å². The monoisotopic (exact) mass is 322 g/mol. The lowest BCUT2D eigenvalue weighted by Gasteiger charge is -2.33. The third kappa shape index (κ3) is 2.72. The lowest BCUT2D eigenvalue weighted by Crippen LogP contribution is -2.51. The van der Waals surface area contributed by atoms with Crippen molar-refractivity contribution in [1.82, 2.24) is 18.7 Å². The Kier molecular flexibility index (Phi) is 3.90. The van der Waals surface area contributed by atoms with E-state index in [2.05, 4.69) is 4.98 Å². The van der Waals surface area contributed by atoms with E-state index in [1.807, 2.05) is 0 Å². The van der Waals surface area contributed by atoms with E-state index >= 15 is 0 Å². The first-order chi connectivity index (χ1) is 10.6. The van der Waals surface area contributed by atoms with Crippen LogP contribution >= 0.6 is 11.5 Å². The SMILES string of the molecule is O=C(O)CN1CCN(C(=O)n2sc3ncccc3c2=O)CC1. The largest absolute Gasteiger partial charge is 0.480 e. The van der Waals surface area contributed by atoms with Gasteiger partial charge in [-0.2, -0.15) is 3.96 Å². The summed E-state index contributed by atoms with van der Waals surface area (Å²) in [6.07, 6.45) is 1.58. The molecular formula is C13H14N4O4S. The molecule has 1 aliphatic rings. The number of carboxylic acids is 1. The van der Waals surface area contributed by atoms with Gasteiger partial charge in [0.05, 0.1) is 11.9 Å². The molecular weight excluding hydrogens is 308 g/mol. The Bertz CT molecular complexity index is 776. The zero-order valence-corrected chi connectivity index (χ0v) is 12.5. The smallest absolute Gasteiger partial charge is 0.340 e. The Hall–Kier alpha value is -2.26. The summed E-state index contributed by atoms with van der Waals surface area (Å²) in [7, 11) is 0. The molecule has 0 atom stereocenters. The van der Waals surface area contributed by atoms with Crippen molar-refractivity contribution >= 4 is 33.7 Å². The number of nitrogens with zero attached hydrogens (tertiary/aromatic N) is 4. The Morgan fingerprint density at radius 3 is 2.64 bits per heavy atom. The molecule has 8 nitrogen and oxygen atoms in total. The molecule has 3 rings (SSSR count). The van der Waals surface area contributed by atoms with E-state index < -0.39 is 5.97 Å². The number of carbonyl (C=O) groups is 2. The van der Waals surface area contributed by atoms with Crippen LogP contribution < -0.4 is 5.56 Å². The Morgan fingerprint density at radius 2 is 2.00 bits per heavy atom. The van der Waals surface area contributed by atoms with Gasteiger partial charge in [0.2, 0.25) is 0 Å². The van der Waals surface area contributed by atoms with Crippen molar-refractivity contribution in [2.75, 3.05) is 32.7 Å². The van der Waals surface area contributed by atoms with Crippen molar-refractivity contribution in [1.29, 1.82) is 0 Å². The van der Waals surface area contributed by atoms with Crippen LogP contribution in [0.5, 0.6) is 0 Å². The van der Waals surface area contributed by atoms with Gasteiger partial charge < -0.3 is 10.0 Å². The van der Waals surface area contributed by atoms with Crippen LogP contribution in [0.15, 0.2) is 23.1 Å². The highest BCUT2D eigenvalue weighted by molar-refractivity contribution is 7.14. The average Bonchev–Trinajstić information content (AvgIpc) is 2.84. The summed E-state index contributed by atoms with van der Waals surface area (Å²) in [5, 5.41) is 9.20. The number of hydrogen-bond donors (Lipinski definition) is 1. The van der Waals surface area contributed by atoms with Crippen LogP contribution in [0.2, 0.25) is 0 Å². The lowest BCUT2D eigenvalue weighted by atomic mass is 10.3. The molecule has 3 heterocycles. The maximum Gasteiger partial charge on any atom is 0.340 e. The second-order valence-electron chi connectivity index (χ2n) is 4.99. The second-order valence-corrected chi connectivity index (χ2v) is 5.92. The predicted octanol–water partition coefficient (Wildman–Crippen LogP) is 0.128. The average molecular weight is 322 g/mol. The Labute approximate surface area is 129 Å². The van der Waals surface area contributed by atoms with Crippen LogP contribution in [0.3, 0.4) is 0 Å². The fraction of sp³-hybridized carbons (Fsp3) is 0.385. The predicted molar refractivity (Wildman–Crippen MR) is 80.3 cm³/mol. The molecule has 2 aromatic rings. The number of amides is 1. The minimum atomic E-state index is -0.883. The summed E-state index contributed by atoms with van der Waals surface area (Å²) in [6, 6.07) is 2.94. The number of pyridine rings is 1. The number of carbonyl (C=O) groups excluding carboxylic acids is 1. The highest BCUT2D eigenvalue weighted by Crippen LogP contribution is 2.14. The van der Waals surface area contributed by atoms with E-state index in [4.69, 9.17) is 5.11 Å². The molecule has 0 bridgehead atoms. The number of piperazine rings is 1. The summed E-state index contributed by atoms with van der Waals surface area (Å²) < 4.78 is 1.12.